The van der Waals surface area contributed by atoms with Gasteiger partial charge >= 0.3 is 0 Å². The fourth-order valence-electron chi connectivity index (χ4n) is 1.73. The first-order valence-electron chi connectivity index (χ1n) is 4.99. The van der Waals surface area contributed by atoms with E-state index in [0.717, 1.165) is 13.1 Å². The fraction of sp³-hybridized carbons (Fsp3) is 0.500. The molecular formula is C10H13BrN2O3. The molecule has 0 bridgehead atoms. The summed E-state index contributed by atoms with van der Waals surface area (Å²) in [5.41, 5.74) is 0.508. The van der Waals surface area contributed by atoms with Crippen LogP contribution in [0.15, 0.2) is 21.4 Å². The lowest BCUT2D eigenvalue weighted by Gasteiger charge is -2.17. The van der Waals surface area contributed by atoms with Crippen molar-refractivity contribution >= 4 is 21.8 Å². The van der Waals surface area contributed by atoms with Gasteiger partial charge in [0.15, 0.2) is 4.67 Å². The topological polar surface area (TPSA) is 63.5 Å². The molecule has 1 aliphatic rings. The third-order valence-corrected chi connectivity index (χ3v) is 3.02. The van der Waals surface area contributed by atoms with Crippen LogP contribution in [0.4, 0.5) is 0 Å². The van der Waals surface area contributed by atoms with Crippen molar-refractivity contribution in [3.05, 3.63) is 22.6 Å². The number of nitrogens with one attached hydrogen (secondary N) is 2. The molecule has 1 aromatic heterocycles. The molecule has 0 spiro atoms. The highest BCUT2D eigenvalue weighted by atomic mass is 79.9. The smallest absolute Gasteiger partial charge is 0.254 e. The summed E-state index contributed by atoms with van der Waals surface area (Å²) in [7, 11) is 1.64. The lowest BCUT2D eigenvalue weighted by Crippen LogP contribution is -2.43. The Morgan fingerprint density at radius 1 is 1.69 bits per heavy atom. The lowest BCUT2D eigenvalue weighted by molar-refractivity contribution is 0.0779. The summed E-state index contributed by atoms with van der Waals surface area (Å²) in [5, 5.41) is 6.07. The van der Waals surface area contributed by atoms with Crippen LogP contribution < -0.4 is 10.6 Å². The SMILES string of the molecule is CO[C@@H]1CNC[C@H]1NC(=O)c1coc(Br)c1. The molecule has 1 saturated heterocycles. The van der Waals surface area contributed by atoms with Crippen LogP contribution in [-0.2, 0) is 4.74 Å². The summed E-state index contributed by atoms with van der Waals surface area (Å²) in [5.74, 6) is -0.148. The van der Waals surface area contributed by atoms with Crippen molar-refractivity contribution in [3.8, 4) is 0 Å². The van der Waals surface area contributed by atoms with E-state index in [2.05, 4.69) is 26.6 Å². The monoisotopic (exact) mass is 288 g/mol. The third kappa shape index (κ3) is 2.45. The Kier molecular flexibility index (Phi) is 3.63. The number of halogens is 1. The highest BCUT2D eigenvalue weighted by Crippen LogP contribution is 2.14. The molecule has 2 heterocycles. The van der Waals surface area contributed by atoms with E-state index in [4.69, 9.17) is 9.15 Å². The van der Waals surface area contributed by atoms with E-state index < -0.39 is 0 Å². The second-order valence-corrected chi connectivity index (χ2v) is 4.43. The zero-order valence-electron chi connectivity index (χ0n) is 8.83. The molecule has 0 aromatic carbocycles. The van der Waals surface area contributed by atoms with Crippen LogP contribution in [0.25, 0.3) is 0 Å². The zero-order chi connectivity index (χ0) is 11.5. The van der Waals surface area contributed by atoms with Gasteiger partial charge in [-0.1, -0.05) is 0 Å². The number of furan rings is 1. The predicted molar refractivity (Wildman–Crippen MR) is 61.3 cm³/mol. The maximum Gasteiger partial charge on any atom is 0.254 e. The van der Waals surface area contributed by atoms with Crippen LogP contribution in [0, 0.1) is 0 Å². The summed E-state index contributed by atoms with van der Waals surface area (Å²) in [6, 6.07) is 1.64. The molecule has 16 heavy (non-hydrogen) atoms. The van der Waals surface area contributed by atoms with Crippen LogP contribution in [0.1, 0.15) is 10.4 Å². The average molecular weight is 289 g/mol. The highest BCUT2D eigenvalue weighted by molar-refractivity contribution is 9.10. The summed E-state index contributed by atoms with van der Waals surface area (Å²) in [6.45, 7) is 1.49. The molecule has 0 aliphatic carbocycles. The van der Waals surface area contributed by atoms with Crippen molar-refractivity contribution in [3.63, 3.8) is 0 Å². The third-order valence-electron chi connectivity index (χ3n) is 2.61. The van der Waals surface area contributed by atoms with Gasteiger partial charge in [-0.3, -0.25) is 4.79 Å². The number of carbonyl (C=O) groups is 1. The molecule has 2 N–H and O–H groups in total. The Labute approximate surface area is 102 Å². The van der Waals surface area contributed by atoms with E-state index in [1.54, 1.807) is 13.2 Å². The minimum atomic E-state index is -0.148. The summed E-state index contributed by atoms with van der Waals surface area (Å²) in [4.78, 5) is 11.8. The second-order valence-electron chi connectivity index (χ2n) is 3.65. The number of amides is 1. The van der Waals surface area contributed by atoms with E-state index in [9.17, 15) is 4.79 Å². The molecule has 1 amide bonds. The van der Waals surface area contributed by atoms with Crippen molar-refractivity contribution < 1.29 is 13.9 Å². The van der Waals surface area contributed by atoms with Gasteiger partial charge in [0.1, 0.15) is 6.26 Å². The van der Waals surface area contributed by atoms with Crippen molar-refractivity contribution in [2.45, 2.75) is 12.1 Å². The summed E-state index contributed by atoms with van der Waals surface area (Å²) < 4.78 is 10.8. The summed E-state index contributed by atoms with van der Waals surface area (Å²) >= 11 is 3.15. The first-order valence-corrected chi connectivity index (χ1v) is 5.78. The first kappa shape index (κ1) is 11.6. The van der Waals surface area contributed by atoms with Gasteiger partial charge in [0.25, 0.3) is 5.91 Å². The van der Waals surface area contributed by atoms with Crippen molar-refractivity contribution in [2.24, 2.45) is 0 Å². The normalized spacial score (nSPS) is 24.6. The number of methoxy groups -OCH3 is 1. The molecule has 0 unspecified atom stereocenters. The van der Waals surface area contributed by atoms with Gasteiger partial charge in [-0.05, 0) is 15.9 Å². The van der Waals surface area contributed by atoms with Gasteiger partial charge in [-0.25, -0.2) is 0 Å². The van der Waals surface area contributed by atoms with Gasteiger partial charge in [0.05, 0.1) is 17.7 Å². The molecular weight excluding hydrogens is 276 g/mol. The zero-order valence-corrected chi connectivity index (χ0v) is 10.4. The van der Waals surface area contributed by atoms with Gasteiger partial charge in [-0.15, -0.1) is 0 Å². The van der Waals surface area contributed by atoms with Gasteiger partial charge in [-0.2, -0.15) is 0 Å². The Morgan fingerprint density at radius 3 is 3.12 bits per heavy atom. The van der Waals surface area contributed by atoms with Crippen LogP contribution in [-0.4, -0.2) is 38.3 Å². The quantitative estimate of drug-likeness (QED) is 0.862. The minimum Gasteiger partial charge on any atom is -0.457 e. The Bertz CT molecular complexity index is 380. The molecule has 1 aromatic rings. The van der Waals surface area contributed by atoms with E-state index in [1.807, 2.05) is 0 Å². The van der Waals surface area contributed by atoms with E-state index in [0.29, 0.717) is 10.2 Å². The maximum absolute atomic E-state index is 11.8. The van der Waals surface area contributed by atoms with E-state index in [1.165, 1.54) is 6.26 Å². The number of hydrogen-bond acceptors (Lipinski definition) is 4. The van der Waals surface area contributed by atoms with Crippen LogP contribution in [0.5, 0.6) is 0 Å². The Balaban J connectivity index is 1.97. The number of rotatable bonds is 3. The van der Waals surface area contributed by atoms with Crippen LogP contribution in [0.3, 0.4) is 0 Å². The molecule has 2 atom stereocenters. The van der Waals surface area contributed by atoms with Crippen LogP contribution >= 0.6 is 15.9 Å². The number of ether oxygens (including phenoxy) is 1. The van der Waals surface area contributed by atoms with E-state index >= 15 is 0 Å². The fourth-order valence-corrected chi connectivity index (χ4v) is 2.07. The van der Waals surface area contributed by atoms with Crippen LogP contribution in [0.2, 0.25) is 0 Å². The minimum absolute atomic E-state index is 0.00572. The van der Waals surface area contributed by atoms with Crippen molar-refractivity contribution in [2.75, 3.05) is 20.2 Å². The lowest BCUT2D eigenvalue weighted by atomic mass is 10.2. The number of carbonyl (C=O) groups excluding carboxylic acids is 1. The average Bonchev–Trinajstić information content (AvgIpc) is 2.86. The largest absolute Gasteiger partial charge is 0.457 e. The molecule has 2 rings (SSSR count). The second kappa shape index (κ2) is 4.99. The van der Waals surface area contributed by atoms with Crippen molar-refractivity contribution in [1.82, 2.24) is 10.6 Å². The highest BCUT2D eigenvalue weighted by Gasteiger charge is 2.28. The van der Waals surface area contributed by atoms with Gasteiger partial charge < -0.3 is 19.8 Å². The van der Waals surface area contributed by atoms with E-state index in [-0.39, 0.29) is 18.1 Å². The molecule has 0 saturated carbocycles. The Hall–Kier alpha value is -0.850. The molecule has 5 nitrogen and oxygen atoms in total. The molecule has 1 aliphatic heterocycles. The standard InChI is InChI=1S/C10H13BrN2O3/c1-15-8-4-12-3-7(8)13-10(14)6-2-9(11)16-5-6/h2,5,7-8,12H,3-4H2,1H3,(H,13,14)/t7-,8-/m1/s1. The molecule has 6 heteroatoms. The van der Waals surface area contributed by atoms with Gasteiger partial charge in [0.2, 0.25) is 0 Å². The van der Waals surface area contributed by atoms with Crippen molar-refractivity contribution in [1.29, 1.82) is 0 Å². The molecule has 0 radical (unpaired) electrons. The van der Waals surface area contributed by atoms with Gasteiger partial charge in [0, 0.05) is 26.3 Å². The predicted octanol–water partition coefficient (Wildman–Crippen LogP) is 0.759. The molecule has 88 valence electrons. The molecule has 1 fully saturated rings. The Morgan fingerprint density at radius 2 is 2.50 bits per heavy atom. The maximum atomic E-state index is 11.8. The first-order chi connectivity index (χ1) is 7.70. The number of hydrogen-bond donors (Lipinski definition) is 2. The summed E-state index contributed by atoms with van der Waals surface area (Å²) in [6.07, 6.45) is 1.45.